The molecule has 1 rings (SSSR count). The molecule has 4 heteroatoms. The van der Waals surface area contributed by atoms with E-state index in [2.05, 4.69) is 10.2 Å². The third-order valence-electron chi connectivity index (χ3n) is 3.01. The molecule has 0 aliphatic carbocycles. The molecule has 0 radical (unpaired) electrons. The van der Waals surface area contributed by atoms with Crippen molar-refractivity contribution in [3.8, 4) is 0 Å². The highest BCUT2D eigenvalue weighted by molar-refractivity contribution is 5.81. The van der Waals surface area contributed by atoms with E-state index in [1.807, 2.05) is 6.92 Å². The molecule has 0 aromatic carbocycles. The first kappa shape index (κ1) is 13.6. The van der Waals surface area contributed by atoms with Crippen LogP contribution in [-0.4, -0.2) is 56.1 Å². The molecule has 1 N–H and O–H groups in total. The van der Waals surface area contributed by atoms with Crippen LogP contribution in [0.5, 0.6) is 0 Å². The third kappa shape index (κ3) is 5.05. The molecule has 1 fully saturated rings. The van der Waals surface area contributed by atoms with Crippen LogP contribution in [0.2, 0.25) is 0 Å². The zero-order valence-electron chi connectivity index (χ0n) is 10.5. The predicted molar refractivity (Wildman–Crippen MR) is 64.6 cm³/mol. The van der Waals surface area contributed by atoms with Gasteiger partial charge in [0.25, 0.3) is 0 Å². The molecule has 0 aromatic rings. The molecule has 94 valence electrons. The summed E-state index contributed by atoms with van der Waals surface area (Å²) in [5, 5.41) is 3.23. The first-order valence-electron chi connectivity index (χ1n) is 6.28. The van der Waals surface area contributed by atoms with Crippen molar-refractivity contribution in [1.82, 2.24) is 10.2 Å². The first-order valence-corrected chi connectivity index (χ1v) is 6.28. The quantitative estimate of drug-likeness (QED) is 0.695. The minimum Gasteiger partial charge on any atom is -0.379 e. The molecule has 0 spiro atoms. The van der Waals surface area contributed by atoms with E-state index in [9.17, 15) is 4.79 Å². The van der Waals surface area contributed by atoms with Gasteiger partial charge < -0.3 is 10.1 Å². The summed E-state index contributed by atoms with van der Waals surface area (Å²) >= 11 is 0. The van der Waals surface area contributed by atoms with Crippen molar-refractivity contribution in [2.75, 3.05) is 39.4 Å². The van der Waals surface area contributed by atoms with Crippen molar-refractivity contribution in [3.05, 3.63) is 0 Å². The van der Waals surface area contributed by atoms with Crippen LogP contribution >= 0.6 is 0 Å². The fourth-order valence-corrected chi connectivity index (χ4v) is 2.04. The molecule has 4 nitrogen and oxygen atoms in total. The standard InChI is InChI=1S/C12H24N2O2/c1-3-13-12(11(2)15)5-4-6-14-7-9-16-10-8-14/h12-13H,3-10H2,1-2H3/t12-/m0/s1. The normalized spacial score (nSPS) is 19.6. The number of morpholine rings is 1. The molecule has 0 bridgehead atoms. The average molecular weight is 228 g/mol. The molecular formula is C12H24N2O2. The second-order valence-corrected chi connectivity index (χ2v) is 4.32. The Balaban J connectivity index is 2.13. The zero-order chi connectivity index (χ0) is 11.8. The number of Topliss-reactive ketones (excluding diaryl/α,β-unsaturated/α-hetero) is 1. The van der Waals surface area contributed by atoms with E-state index in [4.69, 9.17) is 4.74 Å². The molecule has 1 atom stereocenters. The number of likely N-dealkylation sites (N-methyl/N-ethyl adjacent to an activating group) is 1. The van der Waals surface area contributed by atoms with Crippen molar-refractivity contribution in [2.45, 2.75) is 32.7 Å². The van der Waals surface area contributed by atoms with E-state index in [-0.39, 0.29) is 11.8 Å². The summed E-state index contributed by atoms with van der Waals surface area (Å²) in [5.41, 5.74) is 0. The highest BCUT2D eigenvalue weighted by Gasteiger charge is 2.14. The highest BCUT2D eigenvalue weighted by atomic mass is 16.5. The topological polar surface area (TPSA) is 41.6 Å². The van der Waals surface area contributed by atoms with E-state index in [1.165, 1.54) is 0 Å². The lowest BCUT2D eigenvalue weighted by Crippen LogP contribution is -2.39. The number of ether oxygens (including phenoxy) is 1. The van der Waals surface area contributed by atoms with Gasteiger partial charge in [0.05, 0.1) is 19.3 Å². The molecule has 0 aromatic heterocycles. The van der Waals surface area contributed by atoms with Gasteiger partial charge in [0, 0.05) is 13.1 Å². The van der Waals surface area contributed by atoms with Gasteiger partial charge in [0.1, 0.15) is 5.78 Å². The fourth-order valence-electron chi connectivity index (χ4n) is 2.04. The lowest BCUT2D eigenvalue weighted by Gasteiger charge is -2.27. The number of carbonyl (C=O) groups excluding carboxylic acids is 1. The Labute approximate surface area is 98.3 Å². The third-order valence-corrected chi connectivity index (χ3v) is 3.01. The molecule has 16 heavy (non-hydrogen) atoms. The van der Waals surface area contributed by atoms with Crippen molar-refractivity contribution in [2.24, 2.45) is 0 Å². The van der Waals surface area contributed by atoms with E-state index in [1.54, 1.807) is 6.92 Å². The Kier molecular flexibility index (Phi) is 6.61. The van der Waals surface area contributed by atoms with Gasteiger partial charge >= 0.3 is 0 Å². The van der Waals surface area contributed by atoms with Crippen LogP contribution in [0.3, 0.4) is 0 Å². The number of nitrogens with one attached hydrogen (secondary N) is 1. The summed E-state index contributed by atoms with van der Waals surface area (Å²) in [6.07, 6.45) is 2.03. The molecule has 0 saturated carbocycles. The number of carbonyl (C=O) groups is 1. The van der Waals surface area contributed by atoms with E-state index >= 15 is 0 Å². The number of rotatable bonds is 7. The number of hydrogen-bond acceptors (Lipinski definition) is 4. The fraction of sp³-hybridized carbons (Fsp3) is 0.917. The Morgan fingerprint density at radius 1 is 1.44 bits per heavy atom. The van der Waals surface area contributed by atoms with Crippen molar-refractivity contribution in [3.63, 3.8) is 0 Å². The van der Waals surface area contributed by atoms with Gasteiger partial charge in [-0.25, -0.2) is 0 Å². The maximum atomic E-state index is 11.3. The van der Waals surface area contributed by atoms with E-state index < -0.39 is 0 Å². The smallest absolute Gasteiger partial charge is 0.146 e. The molecule has 1 heterocycles. The maximum Gasteiger partial charge on any atom is 0.146 e. The lowest BCUT2D eigenvalue weighted by atomic mass is 10.1. The second-order valence-electron chi connectivity index (χ2n) is 4.32. The monoisotopic (exact) mass is 228 g/mol. The Bertz CT molecular complexity index is 203. The van der Waals surface area contributed by atoms with Crippen molar-refractivity contribution < 1.29 is 9.53 Å². The SMILES string of the molecule is CCN[C@@H](CCCN1CCOCC1)C(C)=O. The summed E-state index contributed by atoms with van der Waals surface area (Å²) in [6, 6.07) is 0.0473. The minimum absolute atomic E-state index is 0.0473. The molecule has 1 aliphatic heterocycles. The highest BCUT2D eigenvalue weighted by Crippen LogP contribution is 2.03. The number of ketones is 1. The molecule has 0 amide bonds. The molecule has 1 saturated heterocycles. The second kappa shape index (κ2) is 7.76. The Hall–Kier alpha value is -0.450. The van der Waals surface area contributed by atoms with Crippen molar-refractivity contribution in [1.29, 1.82) is 0 Å². The predicted octanol–water partition coefficient (Wildman–Crippen LogP) is 0.666. The van der Waals surface area contributed by atoms with Gasteiger partial charge in [-0.3, -0.25) is 9.69 Å². The van der Waals surface area contributed by atoms with Crippen LogP contribution < -0.4 is 5.32 Å². The Morgan fingerprint density at radius 2 is 2.12 bits per heavy atom. The molecule has 0 unspecified atom stereocenters. The van der Waals surface area contributed by atoms with Gasteiger partial charge in [-0.15, -0.1) is 0 Å². The number of hydrogen-bond donors (Lipinski definition) is 1. The minimum atomic E-state index is 0.0473. The summed E-state index contributed by atoms with van der Waals surface area (Å²) in [5.74, 6) is 0.254. The van der Waals surface area contributed by atoms with Gasteiger partial charge in [0.2, 0.25) is 0 Å². The van der Waals surface area contributed by atoms with Crippen molar-refractivity contribution >= 4 is 5.78 Å². The first-order chi connectivity index (χ1) is 7.74. The average Bonchev–Trinajstić information content (AvgIpc) is 2.29. The van der Waals surface area contributed by atoms with Gasteiger partial charge in [-0.05, 0) is 32.9 Å². The van der Waals surface area contributed by atoms with Crippen LogP contribution in [0.15, 0.2) is 0 Å². The van der Waals surface area contributed by atoms with Crippen LogP contribution in [0, 0.1) is 0 Å². The summed E-state index contributed by atoms with van der Waals surface area (Å²) in [6.45, 7) is 9.42. The van der Waals surface area contributed by atoms with E-state index in [0.717, 1.165) is 52.2 Å². The zero-order valence-corrected chi connectivity index (χ0v) is 10.5. The molecular weight excluding hydrogens is 204 g/mol. The van der Waals surface area contributed by atoms with Crippen LogP contribution in [0.4, 0.5) is 0 Å². The molecule has 1 aliphatic rings. The summed E-state index contributed by atoms with van der Waals surface area (Å²) in [4.78, 5) is 13.7. The summed E-state index contributed by atoms with van der Waals surface area (Å²) in [7, 11) is 0. The van der Waals surface area contributed by atoms with Gasteiger partial charge in [0.15, 0.2) is 0 Å². The van der Waals surface area contributed by atoms with E-state index in [0.29, 0.717) is 0 Å². The Morgan fingerprint density at radius 3 is 2.69 bits per heavy atom. The lowest BCUT2D eigenvalue weighted by molar-refractivity contribution is -0.119. The van der Waals surface area contributed by atoms with Crippen LogP contribution in [-0.2, 0) is 9.53 Å². The van der Waals surface area contributed by atoms with Crippen LogP contribution in [0.1, 0.15) is 26.7 Å². The largest absolute Gasteiger partial charge is 0.379 e. The van der Waals surface area contributed by atoms with Gasteiger partial charge in [-0.2, -0.15) is 0 Å². The van der Waals surface area contributed by atoms with Crippen LogP contribution in [0.25, 0.3) is 0 Å². The summed E-state index contributed by atoms with van der Waals surface area (Å²) < 4.78 is 5.30. The number of nitrogens with zero attached hydrogens (tertiary/aromatic N) is 1. The van der Waals surface area contributed by atoms with Gasteiger partial charge in [-0.1, -0.05) is 6.92 Å². The maximum absolute atomic E-state index is 11.3.